The Morgan fingerprint density at radius 1 is 1.19 bits per heavy atom. The number of anilines is 2. The van der Waals surface area contributed by atoms with Gasteiger partial charge in [-0.3, -0.25) is 4.79 Å². The minimum Gasteiger partial charge on any atom is -0.493 e. The van der Waals surface area contributed by atoms with Crippen molar-refractivity contribution in [3.8, 4) is 11.5 Å². The van der Waals surface area contributed by atoms with Gasteiger partial charge in [0.2, 0.25) is 0 Å². The third-order valence-electron chi connectivity index (χ3n) is 5.97. The summed E-state index contributed by atoms with van der Waals surface area (Å²) in [5, 5.41) is 18.9. The van der Waals surface area contributed by atoms with Crippen LogP contribution in [-0.2, 0) is 0 Å². The number of methoxy groups -OCH3 is 2. The van der Waals surface area contributed by atoms with E-state index in [1.165, 1.54) is 14.2 Å². The molecule has 0 aliphatic carbocycles. The van der Waals surface area contributed by atoms with Crippen molar-refractivity contribution >= 4 is 29.0 Å². The molecule has 3 N–H and O–H groups in total. The van der Waals surface area contributed by atoms with Crippen LogP contribution in [0.4, 0.5) is 24.7 Å². The Kier molecular flexibility index (Phi) is 7.05. The van der Waals surface area contributed by atoms with Crippen molar-refractivity contribution in [1.29, 1.82) is 0 Å². The molecule has 0 unspecified atom stereocenters. The van der Waals surface area contributed by atoms with E-state index in [0.717, 1.165) is 0 Å². The number of benzene rings is 2. The van der Waals surface area contributed by atoms with E-state index < -0.39 is 30.3 Å². The normalized spacial score (nSPS) is 18.1. The number of halogens is 4. The Hall–Kier alpha value is -3.44. The Labute approximate surface area is 210 Å². The maximum atomic E-state index is 14.1. The first-order valence-corrected chi connectivity index (χ1v) is 11.3. The zero-order chi connectivity index (χ0) is 26.2. The number of nitrogens with zero attached hydrogens (tertiary/aromatic N) is 2. The fraction of sp³-hybridized carbons (Fsp3) is 0.333. The topological polar surface area (TPSA) is 97.6 Å². The molecule has 8 nitrogen and oxygen atoms in total. The van der Waals surface area contributed by atoms with Gasteiger partial charge in [0.05, 0.1) is 26.4 Å². The van der Waals surface area contributed by atoms with E-state index in [-0.39, 0.29) is 23.0 Å². The summed E-state index contributed by atoms with van der Waals surface area (Å²) in [5.74, 6) is -0.0723. The number of fused-ring (bicyclic) bond motifs is 1. The second-order valence-corrected chi connectivity index (χ2v) is 8.69. The molecule has 0 radical (unpaired) electrons. The maximum Gasteiger partial charge on any atom is 0.410 e. The number of aromatic nitrogens is 2. The molecule has 0 bridgehead atoms. The largest absolute Gasteiger partial charge is 0.493 e. The maximum absolute atomic E-state index is 14.1. The highest BCUT2D eigenvalue weighted by molar-refractivity contribution is 6.36. The van der Waals surface area contributed by atoms with Crippen molar-refractivity contribution in [3.05, 3.63) is 64.3 Å². The Balaban J connectivity index is 1.66. The predicted octanol–water partition coefficient (Wildman–Crippen LogP) is 5.52. The second kappa shape index (κ2) is 9.90. The van der Waals surface area contributed by atoms with Gasteiger partial charge in [-0.1, -0.05) is 29.8 Å². The number of nitrogens with one attached hydrogen (secondary N) is 2. The van der Waals surface area contributed by atoms with Crippen molar-refractivity contribution < 1.29 is 32.5 Å². The summed E-state index contributed by atoms with van der Waals surface area (Å²) in [6, 6.07) is 8.39. The van der Waals surface area contributed by atoms with Gasteiger partial charge in [0.1, 0.15) is 10.8 Å². The summed E-state index contributed by atoms with van der Waals surface area (Å²) >= 11 is 6.39. The highest BCUT2D eigenvalue weighted by Gasteiger charge is 2.48. The predicted molar refractivity (Wildman–Crippen MR) is 128 cm³/mol. The van der Waals surface area contributed by atoms with Gasteiger partial charge in [-0.2, -0.15) is 18.3 Å². The van der Waals surface area contributed by atoms with E-state index in [9.17, 15) is 23.1 Å². The molecule has 192 valence electrons. The summed E-state index contributed by atoms with van der Waals surface area (Å²) in [6.45, 7) is 1.60. The number of alkyl halides is 3. The zero-order valence-electron chi connectivity index (χ0n) is 19.6. The third kappa shape index (κ3) is 4.93. The molecule has 2 aromatic carbocycles. The van der Waals surface area contributed by atoms with Gasteiger partial charge in [-0.25, -0.2) is 4.68 Å². The quantitative estimate of drug-likeness (QED) is 0.393. The standard InChI is InChI=1S/C24H24ClF3N4O4/c1-12(33)13-4-7-15(8-5-13)29-23(34)21-20(25)22-30-16(11-19(24(26,27)28)32(22)31-21)14-6-9-17(35-2)18(10-14)36-3/h4-10,12,16,19,30,33H,11H2,1-3H3,(H,29,34)/t12-,16+,19-/m0/s1. The van der Waals surface area contributed by atoms with Crippen molar-refractivity contribution in [2.24, 2.45) is 0 Å². The molecular formula is C24H24ClF3N4O4. The average Bonchev–Trinajstić information content (AvgIpc) is 3.19. The summed E-state index contributed by atoms with van der Waals surface area (Å²) in [7, 11) is 2.89. The summed E-state index contributed by atoms with van der Waals surface area (Å²) in [6.07, 6.45) is -5.72. The molecule has 3 aromatic rings. The van der Waals surface area contributed by atoms with E-state index in [0.29, 0.717) is 33.0 Å². The van der Waals surface area contributed by atoms with Crippen LogP contribution in [0.2, 0.25) is 5.02 Å². The molecule has 4 rings (SSSR count). The highest BCUT2D eigenvalue weighted by Crippen LogP contribution is 2.47. The Morgan fingerprint density at radius 2 is 1.86 bits per heavy atom. The van der Waals surface area contributed by atoms with Crippen LogP contribution in [0.1, 0.15) is 53.1 Å². The molecule has 12 heteroatoms. The van der Waals surface area contributed by atoms with Gasteiger partial charge in [-0.05, 0) is 42.3 Å². The lowest BCUT2D eigenvalue weighted by molar-refractivity contribution is -0.173. The number of ether oxygens (including phenoxy) is 2. The minimum atomic E-state index is -4.65. The number of carbonyl (C=O) groups excluding carboxylic acids is 1. The first-order valence-electron chi connectivity index (χ1n) is 11.0. The number of rotatable bonds is 6. The summed E-state index contributed by atoms with van der Waals surface area (Å²) < 4.78 is 53.4. The molecule has 1 aliphatic heterocycles. The average molecular weight is 525 g/mol. The molecule has 0 spiro atoms. The monoisotopic (exact) mass is 524 g/mol. The van der Waals surface area contributed by atoms with Crippen molar-refractivity contribution in [2.45, 2.75) is 37.7 Å². The lowest BCUT2D eigenvalue weighted by atomic mass is 9.96. The number of aliphatic hydroxyl groups excluding tert-OH is 1. The number of hydrogen-bond donors (Lipinski definition) is 3. The fourth-order valence-corrected chi connectivity index (χ4v) is 4.32. The Morgan fingerprint density at radius 3 is 2.44 bits per heavy atom. The highest BCUT2D eigenvalue weighted by atomic mass is 35.5. The van der Waals surface area contributed by atoms with Crippen LogP contribution >= 0.6 is 11.6 Å². The Bertz CT molecular complexity index is 1260. The van der Waals surface area contributed by atoms with Crippen LogP contribution in [0.15, 0.2) is 42.5 Å². The van der Waals surface area contributed by atoms with Crippen LogP contribution < -0.4 is 20.1 Å². The van der Waals surface area contributed by atoms with E-state index in [4.69, 9.17) is 21.1 Å². The minimum absolute atomic E-state index is 0.111. The third-order valence-corrected chi connectivity index (χ3v) is 6.33. The van der Waals surface area contributed by atoms with Crippen LogP contribution in [0.25, 0.3) is 0 Å². The molecule has 1 aliphatic rings. The van der Waals surface area contributed by atoms with Crippen molar-refractivity contribution in [2.75, 3.05) is 24.9 Å². The molecule has 0 fully saturated rings. The lowest BCUT2D eigenvalue weighted by Gasteiger charge is -2.33. The summed E-state index contributed by atoms with van der Waals surface area (Å²) in [5.41, 5.74) is 1.19. The SMILES string of the molecule is COc1ccc([C@H]2C[C@@H](C(F)(F)F)n3nc(C(=O)Nc4ccc([C@H](C)O)cc4)c(Cl)c3N2)cc1OC. The van der Waals surface area contributed by atoms with Crippen LogP contribution in [0.3, 0.4) is 0 Å². The lowest BCUT2D eigenvalue weighted by Crippen LogP contribution is -2.35. The number of carbonyl (C=O) groups is 1. The molecule has 2 heterocycles. The van der Waals surface area contributed by atoms with E-state index in [1.54, 1.807) is 49.4 Å². The number of amides is 1. The molecule has 36 heavy (non-hydrogen) atoms. The summed E-state index contributed by atoms with van der Waals surface area (Å²) in [4.78, 5) is 12.9. The molecular weight excluding hydrogens is 501 g/mol. The number of hydrogen-bond acceptors (Lipinski definition) is 6. The van der Waals surface area contributed by atoms with E-state index in [2.05, 4.69) is 15.7 Å². The molecule has 0 saturated carbocycles. The van der Waals surface area contributed by atoms with Gasteiger partial charge in [0.15, 0.2) is 23.2 Å². The van der Waals surface area contributed by atoms with E-state index >= 15 is 0 Å². The first kappa shape index (κ1) is 25.6. The van der Waals surface area contributed by atoms with Crippen molar-refractivity contribution in [3.63, 3.8) is 0 Å². The van der Waals surface area contributed by atoms with Crippen LogP contribution in [-0.4, -0.2) is 41.2 Å². The van der Waals surface area contributed by atoms with Gasteiger partial charge < -0.3 is 25.2 Å². The number of aliphatic hydroxyl groups is 1. The van der Waals surface area contributed by atoms with Crippen molar-refractivity contribution in [1.82, 2.24) is 9.78 Å². The van der Waals surface area contributed by atoms with Gasteiger partial charge in [-0.15, -0.1) is 0 Å². The smallest absolute Gasteiger partial charge is 0.410 e. The molecule has 1 amide bonds. The first-order chi connectivity index (χ1) is 17.0. The van der Waals surface area contributed by atoms with Crippen LogP contribution in [0, 0.1) is 0 Å². The van der Waals surface area contributed by atoms with Crippen LogP contribution in [0.5, 0.6) is 11.5 Å². The zero-order valence-corrected chi connectivity index (χ0v) is 20.3. The molecule has 3 atom stereocenters. The van der Waals surface area contributed by atoms with Gasteiger partial charge >= 0.3 is 6.18 Å². The molecule has 0 saturated heterocycles. The van der Waals surface area contributed by atoms with E-state index in [1.807, 2.05) is 0 Å². The molecule has 1 aromatic heterocycles. The van der Waals surface area contributed by atoms with Gasteiger partial charge in [0, 0.05) is 12.1 Å². The fourth-order valence-electron chi connectivity index (χ4n) is 4.06. The van der Waals surface area contributed by atoms with Gasteiger partial charge in [0.25, 0.3) is 5.91 Å². The second-order valence-electron chi connectivity index (χ2n) is 8.31.